The maximum Gasteiger partial charge on any atom is 0.112 e. The molecule has 1 atom stereocenters. The Balaban J connectivity index is 2.23. The second kappa shape index (κ2) is 5.65. The minimum atomic E-state index is 0.628. The lowest BCUT2D eigenvalue weighted by atomic mass is 9.98. The first-order valence-corrected chi connectivity index (χ1v) is 7.01. The monoisotopic (exact) mass is 307 g/mol. The molecular formula is C14H18BrN3. The molecule has 2 rings (SSSR count). The lowest BCUT2D eigenvalue weighted by Gasteiger charge is -2.17. The van der Waals surface area contributed by atoms with Gasteiger partial charge in [-0.05, 0) is 39.9 Å². The van der Waals surface area contributed by atoms with Gasteiger partial charge in [0.25, 0.3) is 0 Å². The molecule has 0 aromatic carbocycles. The average molecular weight is 308 g/mol. The van der Waals surface area contributed by atoms with Gasteiger partial charge in [-0.2, -0.15) is 0 Å². The fraction of sp³-hybridized carbons (Fsp3) is 0.429. The van der Waals surface area contributed by atoms with Crippen LogP contribution in [-0.4, -0.2) is 16.5 Å². The van der Waals surface area contributed by atoms with Crippen LogP contribution in [0.5, 0.6) is 0 Å². The van der Waals surface area contributed by atoms with Crippen LogP contribution in [0.2, 0.25) is 0 Å². The van der Waals surface area contributed by atoms with Gasteiger partial charge in [-0.3, -0.25) is 9.97 Å². The van der Waals surface area contributed by atoms with Crippen LogP contribution in [-0.2, 0) is 0 Å². The third-order valence-electron chi connectivity index (χ3n) is 3.30. The summed E-state index contributed by atoms with van der Waals surface area (Å²) < 4.78 is 0.954. The smallest absolute Gasteiger partial charge is 0.112 e. The van der Waals surface area contributed by atoms with E-state index in [1.165, 1.54) is 0 Å². The largest absolute Gasteiger partial charge is 0.383 e. The predicted molar refractivity (Wildman–Crippen MR) is 79.7 cm³/mol. The molecule has 18 heavy (non-hydrogen) atoms. The maximum atomic E-state index is 4.43. The number of hydrogen-bond acceptors (Lipinski definition) is 3. The van der Waals surface area contributed by atoms with E-state index in [9.17, 15) is 0 Å². The SMILES string of the molecule is CC(C)C(C)CNc1ccnc2cc(Br)cnc12. The molecule has 0 radical (unpaired) electrons. The summed E-state index contributed by atoms with van der Waals surface area (Å²) in [6.45, 7) is 7.69. The Labute approximate surface area is 116 Å². The summed E-state index contributed by atoms with van der Waals surface area (Å²) in [6, 6.07) is 3.97. The summed E-state index contributed by atoms with van der Waals surface area (Å²) in [5, 5.41) is 3.47. The molecule has 2 aromatic rings. The molecule has 0 spiro atoms. The zero-order chi connectivity index (χ0) is 13.1. The normalized spacial score (nSPS) is 12.9. The van der Waals surface area contributed by atoms with E-state index in [4.69, 9.17) is 0 Å². The zero-order valence-corrected chi connectivity index (χ0v) is 12.5. The molecule has 96 valence electrons. The van der Waals surface area contributed by atoms with E-state index in [0.29, 0.717) is 11.8 Å². The Kier molecular flexibility index (Phi) is 4.17. The molecule has 2 aromatic heterocycles. The predicted octanol–water partition coefficient (Wildman–Crippen LogP) is 4.10. The zero-order valence-electron chi connectivity index (χ0n) is 10.9. The minimum absolute atomic E-state index is 0.628. The van der Waals surface area contributed by atoms with E-state index in [1.807, 2.05) is 18.3 Å². The van der Waals surface area contributed by atoms with Crippen molar-refractivity contribution in [2.75, 3.05) is 11.9 Å². The van der Waals surface area contributed by atoms with Crippen molar-refractivity contribution in [2.45, 2.75) is 20.8 Å². The van der Waals surface area contributed by atoms with Gasteiger partial charge in [-0.1, -0.05) is 20.8 Å². The second-order valence-corrected chi connectivity index (χ2v) is 5.90. The van der Waals surface area contributed by atoms with Crippen molar-refractivity contribution < 1.29 is 0 Å². The highest BCUT2D eigenvalue weighted by Crippen LogP contribution is 2.22. The number of anilines is 1. The number of halogens is 1. The minimum Gasteiger partial charge on any atom is -0.383 e. The van der Waals surface area contributed by atoms with Crippen LogP contribution < -0.4 is 5.32 Å². The molecule has 0 saturated carbocycles. The molecule has 4 heteroatoms. The fourth-order valence-corrected chi connectivity index (χ4v) is 1.97. The van der Waals surface area contributed by atoms with Gasteiger partial charge in [0, 0.05) is 23.4 Å². The summed E-state index contributed by atoms with van der Waals surface area (Å²) in [4.78, 5) is 8.76. The topological polar surface area (TPSA) is 37.8 Å². The molecule has 1 unspecified atom stereocenters. The molecule has 0 aliphatic heterocycles. The molecule has 1 N–H and O–H groups in total. The number of rotatable bonds is 4. The van der Waals surface area contributed by atoms with E-state index in [2.05, 4.69) is 52.0 Å². The third kappa shape index (κ3) is 2.99. The summed E-state index contributed by atoms with van der Waals surface area (Å²) in [7, 11) is 0. The first kappa shape index (κ1) is 13.3. The average Bonchev–Trinajstić information content (AvgIpc) is 2.35. The Morgan fingerprint density at radius 2 is 2.06 bits per heavy atom. The highest BCUT2D eigenvalue weighted by molar-refractivity contribution is 9.10. The first-order chi connectivity index (χ1) is 8.58. The van der Waals surface area contributed by atoms with E-state index in [0.717, 1.165) is 27.7 Å². The first-order valence-electron chi connectivity index (χ1n) is 6.22. The quantitative estimate of drug-likeness (QED) is 0.924. The molecule has 2 heterocycles. The van der Waals surface area contributed by atoms with Crippen LogP contribution in [0.4, 0.5) is 5.69 Å². The molecule has 0 aliphatic carbocycles. The van der Waals surface area contributed by atoms with Gasteiger partial charge in [0.05, 0.1) is 11.2 Å². The molecule has 0 aliphatic rings. The van der Waals surface area contributed by atoms with Crippen molar-refractivity contribution in [3.63, 3.8) is 0 Å². The van der Waals surface area contributed by atoms with Gasteiger partial charge in [-0.25, -0.2) is 0 Å². The maximum absolute atomic E-state index is 4.43. The number of nitrogens with one attached hydrogen (secondary N) is 1. The highest BCUT2D eigenvalue weighted by atomic mass is 79.9. The summed E-state index contributed by atoms with van der Waals surface area (Å²) in [5.74, 6) is 1.30. The van der Waals surface area contributed by atoms with Gasteiger partial charge < -0.3 is 5.32 Å². The van der Waals surface area contributed by atoms with Crippen molar-refractivity contribution in [1.82, 2.24) is 9.97 Å². The van der Waals surface area contributed by atoms with Crippen molar-refractivity contribution in [3.8, 4) is 0 Å². The van der Waals surface area contributed by atoms with E-state index < -0.39 is 0 Å². The number of pyridine rings is 2. The van der Waals surface area contributed by atoms with Crippen LogP contribution >= 0.6 is 15.9 Å². The van der Waals surface area contributed by atoms with Gasteiger partial charge in [-0.15, -0.1) is 0 Å². The van der Waals surface area contributed by atoms with Crippen molar-refractivity contribution in [3.05, 3.63) is 29.0 Å². The van der Waals surface area contributed by atoms with Crippen molar-refractivity contribution in [2.24, 2.45) is 11.8 Å². The van der Waals surface area contributed by atoms with Crippen molar-refractivity contribution >= 4 is 32.7 Å². The standard InChI is InChI=1S/C14H18BrN3/c1-9(2)10(3)7-17-12-4-5-16-13-6-11(15)8-18-14(12)13/h4-6,8-10H,7H2,1-3H3,(H,16,17). The Hall–Kier alpha value is -1.16. The Morgan fingerprint density at radius 3 is 2.78 bits per heavy atom. The number of nitrogens with zero attached hydrogens (tertiary/aromatic N) is 2. The summed E-state index contributed by atoms with van der Waals surface area (Å²) in [6.07, 6.45) is 3.62. The third-order valence-corrected chi connectivity index (χ3v) is 3.73. The number of aromatic nitrogens is 2. The summed E-state index contributed by atoms with van der Waals surface area (Å²) in [5.41, 5.74) is 2.89. The molecule has 3 nitrogen and oxygen atoms in total. The Morgan fingerprint density at radius 1 is 1.28 bits per heavy atom. The molecule has 0 bridgehead atoms. The molecular weight excluding hydrogens is 290 g/mol. The van der Waals surface area contributed by atoms with Crippen LogP contribution in [0.1, 0.15) is 20.8 Å². The van der Waals surface area contributed by atoms with E-state index in [-0.39, 0.29) is 0 Å². The van der Waals surface area contributed by atoms with Gasteiger partial charge in [0.15, 0.2) is 0 Å². The van der Waals surface area contributed by atoms with Gasteiger partial charge in [0.2, 0.25) is 0 Å². The van der Waals surface area contributed by atoms with Crippen LogP contribution in [0, 0.1) is 11.8 Å². The molecule has 0 fully saturated rings. The van der Waals surface area contributed by atoms with E-state index in [1.54, 1.807) is 6.20 Å². The van der Waals surface area contributed by atoms with E-state index >= 15 is 0 Å². The van der Waals surface area contributed by atoms with Gasteiger partial charge in [0.1, 0.15) is 5.52 Å². The van der Waals surface area contributed by atoms with Crippen LogP contribution in [0.25, 0.3) is 11.0 Å². The number of fused-ring (bicyclic) bond motifs is 1. The van der Waals surface area contributed by atoms with Gasteiger partial charge >= 0.3 is 0 Å². The van der Waals surface area contributed by atoms with Crippen molar-refractivity contribution in [1.29, 1.82) is 0 Å². The molecule has 0 saturated heterocycles. The lowest BCUT2D eigenvalue weighted by molar-refractivity contribution is 0.440. The fourth-order valence-electron chi connectivity index (χ4n) is 1.65. The van der Waals surface area contributed by atoms with Crippen LogP contribution in [0.15, 0.2) is 29.0 Å². The Bertz CT molecular complexity index is 540. The lowest BCUT2D eigenvalue weighted by Crippen LogP contribution is -2.16. The molecule has 0 amide bonds. The van der Waals surface area contributed by atoms with Crippen LogP contribution in [0.3, 0.4) is 0 Å². The number of hydrogen-bond donors (Lipinski definition) is 1. The summed E-state index contributed by atoms with van der Waals surface area (Å²) >= 11 is 3.42. The highest BCUT2D eigenvalue weighted by Gasteiger charge is 2.08. The second-order valence-electron chi connectivity index (χ2n) is 4.98.